The van der Waals surface area contributed by atoms with E-state index < -0.39 is 17.9 Å². The summed E-state index contributed by atoms with van der Waals surface area (Å²) >= 11 is 0. The van der Waals surface area contributed by atoms with Crippen LogP contribution >= 0.6 is 0 Å². The summed E-state index contributed by atoms with van der Waals surface area (Å²) in [5.41, 5.74) is -0.0332. The molecule has 0 radical (unpaired) electrons. The van der Waals surface area contributed by atoms with Crippen LogP contribution in [0.15, 0.2) is 24.4 Å². The zero-order chi connectivity index (χ0) is 14.6. The van der Waals surface area contributed by atoms with Gasteiger partial charge in [-0.25, -0.2) is 4.79 Å². The minimum atomic E-state index is -0.755. The van der Waals surface area contributed by atoms with Gasteiger partial charge in [0, 0.05) is 19.2 Å². The number of pyridine rings is 1. The van der Waals surface area contributed by atoms with E-state index in [1.165, 1.54) is 30.3 Å². The lowest BCUT2D eigenvalue weighted by Gasteiger charge is -2.23. The lowest BCUT2D eigenvalue weighted by Crippen LogP contribution is -2.46. The van der Waals surface area contributed by atoms with E-state index in [-0.39, 0.29) is 11.8 Å². The molecule has 0 N–H and O–H groups in total. The first-order valence-corrected chi connectivity index (χ1v) is 6.00. The first-order valence-electron chi connectivity index (χ1n) is 6.00. The van der Waals surface area contributed by atoms with E-state index in [9.17, 15) is 14.8 Å². The highest BCUT2D eigenvalue weighted by Crippen LogP contribution is 2.05. The first kappa shape index (κ1) is 14.9. The van der Waals surface area contributed by atoms with Gasteiger partial charge >= 0.3 is 11.9 Å². The van der Waals surface area contributed by atoms with Gasteiger partial charge in [0.25, 0.3) is 5.69 Å². The Hall–Kier alpha value is -2.11. The van der Waals surface area contributed by atoms with Crippen LogP contribution in [0.4, 0.5) is 0 Å². The normalized spacial score (nSPS) is 12.1. The molecule has 0 aliphatic carbocycles. The molecule has 6 heteroatoms. The third kappa shape index (κ3) is 3.67. The number of carbonyl (C=O) groups excluding carboxylic acids is 2. The van der Waals surface area contributed by atoms with Gasteiger partial charge in [-0.3, -0.25) is 4.79 Å². The number of carbonyl (C=O) groups is 2. The van der Waals surface area contributed by atoms with Crippen LogP contribution in [0.2, 0.25) is 0 Å². The van der Waals surface area contributed by atoms with Crippen LogP contribution in [0.25, 0.3) is 0 Å². The minimum absolute atomic E-state index is 0.0332. The van der Waals surface area contributed by atoms with Crippen LogP contribution in [0, 0.1) is 5.21 Å². The van der Waals surface area contributed by atoms with Gasteiger partial charge in [-0.05, 0) is 26.8 Å². The molecule has 6 nitrogen and oxygen atoms in total. The maximum absolute atomic E-state index is 12.1. The van der Waals surface area contributed by atoms with Gasteiger partial charge in [0.2, 0.25) is 0 Å². The summed E-state index contributed by atoms with van der Waals surface area (Å²) in [6, 6.07) is 3.77. The van der Waals surface area contributed by atoms with Crippen molar-refractivity contribution < 1.29 is 19.1 Å². The highest BCUT2D eigenvalue weighted by Gasteiger charge is 2.28. The molecular formula is C13H18N2O4. The number of hydrogen-bond donors (Lipinski definition) is 0. The number of aromatic nitrogens is 1. The monoisotopic (exact) mass is 266 g/mol. The molecule has 0 saturated heterocycles. The van der Waals surface area contributed by atoms with Crippen molar-refractivity contribution in [2.45, 2.75) is 32.9 Å². The second kappa shape index (κ2) is 6.17. The first-order chi connectivity index (χ1) is 8.84. The molecule has 0 aliphatic heterocycles. The van der Waals surface area contributed by atoms with Crippen LogP contribution in [0.5, 0.6) is 0 Å². The Labute approximate surface area is 112 Å². The Bertz CT molecular complexity index is 473. The fourth-order valence-corrected chi connectivity index (χ4v) is 1.44. The number of hydrogen-bond acceptors (Lipinski definition) is 4. The second-order valence-electron chi connectivity index (χ2n) is 4.49. The molecule has 1 aromatic heterocycles. The summed E-state index contributed by atoms with van der Waals surface area (Å²) in [7, 11) is 1.46. The molecule has 104 valence electrons. The molecule has 1 heterocycles. The van der Waals surface area contributed by atoms with E-state index >= 15 is 0 Å². The largest absolute Gasteiger partial charge is 0.618 e. The topological polar surface area (TPSA) is 73.5 Å². The number of nitrogens with zero attached hydrogens (tertiary/aromatic N) is 2. The molecular weight excluding hydrogens is 248 g/mol. The van der Waals surface area contributed by atoms with E-state index in [1.807, 2.05) is 0 Å². The van der Waals surface area contributed by atoms with Crippen molar-refractivity contribution >= 4 is 11.9 Å². The summed E-state index contributed by atoms with van der Waals surface area (Å²) in [4.78, 5) is 25.0. The second-order valence-corrected chi connectivity index (χ2v) is 4.49. The molecule has 19 heavy (non-hydrogen) atoms. The summed E-state index contributed by atoms with van der Waals surface area (Å²) in [5, 5.41) is 11.5. The van der Waals surface area contributed by atoms with E-state index in [0.717, 1.165) is 0 Å². The average Bonchev–Trinajstić information content (AvgIpc) is 2.36. The van der Waals surface area contributed by atoms with Gasteiger partial charge in [-0.15, -0.1) is 0 Å². The van der Waals surface area contributed by atoms with Crippen LogP contribution in [-0.2, 0) is 9.53 Å². The predicted molar refractivity (Wildman–Crippen MR) is 68.2 cm³/mol. The maximum atomic E-state index is 12.1. The van der Waals surface area contributed by atoms with Crippen molar-refractivity contribution in [2.24, 2.45) is 0 Å². The number of esters is 1. The van der Waals surface area contributed by atoms with Crippen molar-refractivity contribution in [2.75, 3.05) is 7.05 Å². The molecule has 0 aliphatic rings. The highest BCUT2D eigenvalue weighted by atomic mass is 16.5. The molecule has 0 aromatic carbocycles. The van der Waals surface area contributed by atoms with Gasteiger partial charge < -0.3 is 14.8 Å². The zero-order valence-corrected chi connectivity index (χ0v) is 11.5. The van der Waals surface area contributed by atoms with Gasteiger partial charge in [0.15, 0.2) is 6.20 Å². The maximum Gasteiger partial charge on any atom is 0.328 e. The summed E-state index contributed by atoms with van der Waals surface area (Å²) in [6.07, 6.45) is 0.984. The zero-order valence-electron chi connectivity index (χ0n) is 11.5. The van der Waals surface area contributed by atoms with Crippen molar-refractivity contribution in [3.8, 4) is 0 Å². The van der Waals surface area contributed by atoms with Crippen molar-refractivity contribution in [1.82, 2.24) is 4.90 Å². The Balaban J connectivity index is 2.83. The molecule has 0 saturated carbocycles. The number of rotatable bonds is 4. The standard InChI is InChI=1S/C13H18N2O4/c1-9(2)19-13(17)10(3)14(4)12(16)11-7-5-6-8-15(11)18/h5-10H,1-4H3/t10-/m1/s1. The molecule has 0 fully saturated rings. The fraction of sp³-hybridized carbons (Fsp3) is 0.462. The SMILES string of the molecule is CC(C)OC(=O)[C@@H](C)N(C)C(=O)c1cccc[n+]1[O-]. The smallest absolute Gasteiger partial charge is 0.328 e. The van der Waals surface area contributed by atoms with Gasteiger partial charge in [-0.1, -0.05) is 0 Å². The summed E-state index contributed by atoms with van der Waals surface area (Å²) in [5.74, 6) is -1.02. The van der Waals surface area contributed by atoms with Crippen molar-refractivity contribution in [3.63, 3.8) is 0 Å². The molecule has 0 unspecified atom stereocenters. The van der Waals surface area contributed by atoms with Crippen LogP contribution in [0.1, 0.15) is 31.3 Å². The quantitative estimate of drug-likeness (QED) is 0.457. The van der Waals surface area contributed by atoms with Crippen molar-refractivity contribution in [1.29, 1.82) is 0 Å². The number of likely N-dealkylation sites (N-methyl/N-ethyl adjacent to an activating group) is 1. The summed E-state index contributed by atoms with van der Waals surface area (Å²) in [6.45, 7) is 5.02. The van der Waals surface area contributed by atoms with Gasteiger partial charge in [0.1, 0.15) is 6.04 Å². The molecule has 0 bridgehead atoms. The Morgan fingerprint density at radius 3 is 2.47 bits per heavy atom. The average molecular weight is 266 g/mol. The van der Waals surface area contributed by atoms with Gasteiger partial charge in [0.05, 0.1) is 6.10 Å². The lowest BCUT2D eigenvalue weighted by molar-refractivity contribution is -0.608. The summed E-state index contributed by atoms with van der Waals surface area (Å²) < 4.78 is 5.50. The Kier molecular flexibility index (Phi) is 4.86. The van der Waals surface area contributed by atoms with E-state index in [4.69, 9.17) is 4.74 Å². The van der Waals surface area contributed by atoms with Crippen molar-refractivity contribution in [3.05, 3.63) is 35.3 Å². The molecule has 1 aromatic rings. The Morgan fingerprint density at radius 1 is 1.32 bits per heavy atom. The Morgan fingerprint density at radius 2 is 1.95 bits per heavy atom. The minimum Gasteiger partial charge on any atom is -0.618 e. The van der Waals surface area contributed by atoms with Gasteiger partial charge in [-0.2, -0.15) is 4.73 Å². The van der Waals surface area contributed by atoms with Crippen LogP contribution < -0.4 is 4.73 Å². The van der Waals surface area contributed by atoms with Crippen LogP contribution in [0.3, 0.4) is 0 Å². The van der Waals surface area contributed by atoms with E-state index in [1.54, 1.807) is 26.8 Å². The van der Waals surface area contributed by atoms with E-state index in [2.05, 4.69) is 0 Å². The lowest BCUT2D eigenvalue weighted by atomic mass is 10.2. The molecule has 1 atom stereocenters. The molecule has 1 rings (SSSR count). The number of amides is 1. The van der Waals surface area contributed by atoms with Crippen LogP contribution in [-0.4, -0.2) is 36.0 Å². The third-order valence-electron chi connectivity index (χ3n) is 2.64. The highest BCUT2D eigenvalue weighted by molar-refractivity contribution is 5.93. The molecule has 1 amide bonds. The predicted octanol–water partition coefficient (Wildman–Crippen LogP) is 0.732. The number of ether oxygens (including phenoxy) is 1. The fourth-order valence-electron chi connectivity index (χ4n) is 1.44. The van der Waals surface area contributed by atoms with E-state index in [0.29, 0.717) is 4.73 Å². The molecule has 0 spiro atoms. The third-order valence-corrected chi connectivity index (χ3v) is 2.64.